The van der Waals surface area contributed by atoms with Gasteiger partial charge in [0.15, 0.2) is 10.6 Å². The van der Waals surface area contributed by atoms with Crippen LogP contribution in [0.5, 0.6) is 5.75 Å². The van der Waals surface area contributed by atoms with E-state index in [9.17, 15) is 18.0 Å². The lowest BCUT2D eigenvalue weighted by atomic mass is 10.0. The number of alkyl halides is 3. The Hall–Kier alpha value is -4.84. The number of nitrogens with zero attached hydrogens (tertiary/aromatic N) is 6. The van der Waals surface area contributed by atoms with Gasteiger partial charge in [-0.25, -0.2) is 19.5 Å². The first kappa shape index (κ1) is 30.6. The molecule has 44 heavy (non-hydrogen) atoms. The molecule has 0 fully saturated rings. The molecule has 5 rings (SSSR count). The lowest BCUT2D eigenvalue weighted by Crippen LogP contribution is -2.17. The monoisotopic (exact) mass is 618 g/mol. The number of aliphatic imine (C=N–C) groups is 1. The lowest BCUT2D eigenvalue weighted by molar-refractivity contribution is -0.274. The number of rotatable bonds is 7. The lowest BCUT2D eigenvalue weighted by Gasteiger charge is -2.14. The van der Waals surface area contributed by atoms with Crippen molar-refractivity contribution in [3.63, 3.8) is 0 Å². The molecule has 5 aromatic rings. The van der Waals surface area contributed by atoms with Gasteiger partial charge in [0.2, 0.25) is 0 Å². The van der Waals surface area contributed by atoms with Gasteiger partial charge in [0, 0.05) is 28.8 Å². The molecule has 0 radical (unpaired) electrons. The Balaban J connectivity index is 1.27. The fourth-order valence-electron chi connectivity index (χ4n) is 4.57. The molecule has 0 bridgehead atoms. The largest absolute Gasteiger partial charge is 0.573 e. The van der Waals surface area contributed by atoms with E-state index in [2.05, 4.69) is 44.7 Å². The zero-order valence-corrected chi connectivity index (χ0v) is 25.2. The summed E-state index contributed by atoms with van der Waals surface area (Å²) >= 11 is 1.39. The van der Waals surface area contributed by atoms with Gasteiger partial charge < -0.3 is 4.74 Å². The number of hydrogen-bond acceptors (Lipinski definition) is 5. The van der Waals surface area contributed by atoms with E-state index in [1.54, 1.807) is 6.21 Å². The fourth-order valence-corrected chi connectivity index (χ4v) is 5.43. The maximum Gasteiger partial charge on any atom is 0.573 e. The van der Waals surface area contributed by atoms with Crippen LogP contribution in [0.3, 0.4) is 0 Å². The second-order valence-electron chi connectivity index (χ2n) is 10.3. The van der Waals surface area contributed by atoms with Crippen LogP contribution in [-0.2, 0) is 0 Å². The number of aryl methyl sites for hydroxylation is 1. The third-order valence-electron chi connectivity index (χ3n) is 6.80. The molecular formula is C32H29F3N6O2S. The molecule has 8 nitrogen and oxygen atoms in total. The average molecular weight is 619 g/mol. The zero-order chi connectivity index (χ0) is 31.4. The van der Waals surface area contributed by atoms with Crippen molar-refractivity contribution in [1.82, 2.24) is 19.3 Å². The van der Waals surface area contributed by atoms with Crippen LogP contribution in [0.2, 0.25) is 0 Å². The molecule has 12 heteroatoms. The van der Waals surface area contributed by atoms with Gasteiger partial charge in [-0.05, 0) is 54.3 Å². The number of ether oxygens (including phenoxy) is 1. The van der Waals surface area contributed by atoms with E-state index in [0.29, 0.717) is 22.2 Å². The van der Waals surface area contributed by atoms with Crippen LogP contribution in [-0.4, -0.2) is 37.9 Å². The topological polar surface area (TPSA) is 86.7 Å². The summed E-state index contributed by atoms with van der Waals surface area (Å²) in [5.74, 6) is 0.273. The minimum absolute atomic E-state index is 0.162. The van der Waals surface area contributed by atoms with E-state index >= 15 is 0 Å². The van der Waals surface area contributed by atoms with Crippen molar-refractivity contribution < 1.29 is 22.7 Å². The Morgan fingerprint density at radius 3 is 2.39 bits per heavy atom. The van der Waals surface area contributed by atoms with Gasteiger partial charge in [0.1, 0.15) is 12.1 Å². The molecule has 1 unspecified atom stereocenters. The van der Waals surface area contributed by atoms with Crippen molar-refractivity contribution >= 4 is 23.6 Å². The Morgan fingerprint density at radius 1 is 1.00 bits per heavy atom. The Kier molecular flexibility index (Phi) is 8.91. The van der Waals surface area contributed by atoms with Crippen LogP contribution in [0.1, 0.15) is 49.4 Å². The van der Waals surface area contributed by atoms with E-state index in [0.717, 1.165) is 22.5 Å². The predicted octanol–water partition coefficient (Wildman–Crippen LogP) is 8.01. The molecule has 0 saturated heterocycles. The highest BCUT2D eigenvalue weighted by Crippen LogP contribution is 2.25. The summed E-state index contributed by atoms with van der Waals surface area (Å²) in [4.78, 5) is 26.0. The standard InChI is InChI=1S/C32H29F3N6O2S/c1-20(2)27-7-5-6-8-28(27)41-22(4)18-44-31(41)38-30(42)36-17-21(3)23-9-11-24(12-10-23)29-37-19-40(39-29)25-13-15-26(16-14-25)43-32(33,34)35/h5-21H,1-4H3. The van der Waals surface area contributed by atoms with Gasteiger partial charge in [-0.2, -0.15) is 4.99 Å². The minimum atomic E-state index is -4.75. The van der Waals surface area contributed by atoms with Crippen LogP contribution in [0.25, 0.3) is 22.8 Å². The number of benzene rings is 3. The zero-order valence-electron chi connectivity index (χ0n) is 24.4. The van der Waals surface area contributed by atoms with E-state index < -0.39 is 12.4 Å². The number of amides is 2. The van der Waals surface area contributed by atoms with Crippen molar-refractivity contribution in [2.45, 2.75) is 45.9 Å². The maximum absolute atomic E-state index is 12.8. The fraction of sp³-hybridized carbons (Fsp3) is 0.219. The molecule has 226 valence electrons. The molecule has 0 aliphatic rings. The van der Waals surface area contributed by atoms with Gasteiger partial charge in [0.25, 0.3) is 0 Å². The first-order valence-electron chi connectivity index (χ1n) is 13.8. The SMILES string of the molecule is Cc1csc(=NC(=O)N=CC(C)c2ccc(-c3ncn(-c4ccc(OC(F)(F)F)cc4)n3)cc2)n1-c1ccccc1C(C)C. The van der Waals surface area contributed by atoms with Gasteiger partial charge in [-0.3, -0.25) is 4.57 Å². The Bertz CT molecular complexity index is 1850. The smallest absolute Gasteiger partial charge is 0.406 e. The first-order valence-corrected chi connectivity index (χ1v) is 14.6. The molecular weight excluding hydrogens is 589 g/mol. The molecule has 0 aliphatic heterocycles. The van der Waals surface area contributed by atoms with Crippen LogP contribution in [0, 0.1) is 6.92 Å². The molecule has 3 aromatic carbocycles. The number of hydrogen-bond donors (Lipinski definition) is 0. The summed E-state index contributed by atoms with van der Waals surface area (Å²) < 4.78 is 44.6. The summed E-state index contributed by atoms with van der Waals surface area (Å²) in [7, 11) is 0. The molecule has 2 heterocycles. The van der Waals surface area contributed by atoms with E-state index in [-0.39, 0.29) is 11.7 Å². The molecule has 0 saturated carbocycles. The maximum atomic E-state index is 12.8. The summed E-state index contributed by atoms with van der Waals surface area (Å²) in [6.07, 6.45) is -1.70. The summed E-state index contributed by atoms with van der Waals surface area (Å²) in [5, 5.41) is 6.40. The number of aromatic nitrogens is 4. The van der Waals surface area contributed by atoms with Crippen molar-refractivity contribution in [3.8, 4) is 28.5 Å². The second kappa shape index (κ2) is 12.8. The van der Waals surface area contributed by atoms with Gasteiger partial charge in [-0.1, -0.05) is 63.2 Å². The van der Waals surface area contributed by atoms with Gasteiger partial charge >= 0.3 is 12.4 Å². The molecule has 1 atom stereocenters. The average Bonchev–Trinajstić information content (AvgIpc) is 3.62. The first-order chi connectivity index (χ1) is 21.0. The van der Waals surface area contributed by atoms with Gasteiger partial charge in [0.05, 0.1) is 11.4 Å². The summed E-state index contributed by atoms with van der Waals surface area (Å²) in [6, 6.07) is 20.4. The molecule has 0 spiro atoms. The number of halogens is 3. The van der Waals surface area contributed by atoms with Crippen LogP contribution in [0.4, 0.5) is 18.0 Å². The van der Waals surface area contributed by atoms with Crippen molar-refractivity contribution in [2.75, 3.05) is 0 Å². The Labute approximate surface area is 255 Å². The molecule has 0 N–H and O–H groups in total. The van der Waals surface area contributed by atoms with Crippen molar-refractivity contribution in [3.05, 3.63) is 106 Å². The van der Waals surface area contributed by atoms with E-state index in [1.807, 2.05) is 66.3 Å². The highest BCUT2D eigenvalue weighted by molar-refractivity contribution is 7.07. The number of urea groups is 1. The number of para-hydroxylation sites is 1. The van der Waals surface area contributed by atoms with E-state index in [4.69, 9.17) is 0 Å². The summed E-state index contributed by atoms with van der Waals surface area (Å²) in [5.41, 5.74) is 5.36. The molecule has 0 aliphatic carbocycles. The quantitative estimate of drug-likeness (QED) is 0.173. The number of carbonyl (C=O) groups is 1. The number of carbonyl (C=O) groups excluding carboxylic acids is 1. The predicted molar refractivity (Wildman–Crippen MR) is 164 cm³/mol. The van der Waals surface area contributed by atoms with E-state index in [1.165, 1.54) is 52.2 Å². The van der Waals surface area contributed by atoms with Crippen LogP contribution < -0.4 is 9.54 Å². The van der Waals surface area contributed by atoms with Crippen LogP contribution >= 0.6 is 11.3 Å². The molecule has 2 amide bonds. The van der Waals surface area contributed by atoms with Crippen molar-refractivity contribution in [2.24, 2.45) is 9.98 Å². The van der Waals surface area contributed by atoms with Crippen LogP contribution in [0.15, 0.2) is 94.5 Å². The third-order valence-corrected chi connectivity index (χ3v) is 7.74. The molecule has 2 aromatic heterocycles. The summed E-state index contributed by atoms with van der Waals surface area (Å²) in [6.45, 7) is 8.18. The highest BCUT2D eigenvalue weighted by Gasteiger charge is 2.31. The van der Waals surface area contributed by atoms with Gasteiger partial charge in [-0.15, -0.1) is 29.6 Å². The number of thiazole rings is 1. The third kappa shape index (κ3) is 7.20. The highest BCUT2D eigenvalue weighted by atomic mass is 32.1. The Morgan fingerprint density at radius 2 is 1.70 bits per heavy atom. The second-order valence-corrected chi connectivity index (χ2v) is 11.2. The minimum Gasteiger partial charge on any atom is -0.406 e. The normalized spacial score (nSPS) is 13.1. The van der Waals surface area contributed by atoms with Crippen molar-refractivity contribution in [1.29, 1.82) is 0 Å².